The molecule has 26 heavy (non-hydrogen) atoms. The minimum absolute atomic E-state index is 0.250. The highest BCUT2D eigenvalue weighted by Crippen LogP contribution is 2.19. The Balaban J connectivity index is 1.67. The zero-order chi connectivity index (χ0) is 18.7. The van der Waals surface area contributed by atoms with Gasteiger partial charge < -0.3 is 10.1 Å². The van der Waals surface area contributed by atoms with Crippen molar-refractivity contribution in [3.8, 4) is 5.88 Å². The van der Waals surface area contributed by atoms with E-state index in [1.807, 2.05) is 6.92 Å². The van der Waals surface area contributed by atoms with Gasteiger partial charge in [0, 0.05) is 35.6 Å². The molecule has 0 saturated carbocycles. The molecule has 0 radical (unpaired) electrons. The number of nitrogens with zero attached hydrogens (tertiary/aromatic N) is 3. The maximum absolute atomic E-state index is 12.3. The van der Waals surface area contributed by atoms with E-state index in [0.29, 0.717) is 21.9 Å². The number of rotatable bonds is 5. The van der Waals surface area contributed by atoms with Crippen molar-refractivity contribution in [3.05, 3.63) is 52.7 Å². The first-order chi connectivity index (χ1) is 12.5. The van der Waals surface area contributed by atoms with Crippen LogP contribution in [0.4, 0.5) is 10.8 Å². The Hall–Kier alpha value is -3.20. The second kappa shape index (κ2) is 7.36. The van der Waals surface area contributed by atoms with Gasteiger partial charge in [0.15, 0.2) is 5.13 Å². The number of ether oxygens (including phenoxy) is 1. The van der Waals surface area contributed by atoms with Crippen molar-refractivity contribution in [2.75, 3.05) is 17.7 Å². The number of hydrogen-bond donors (Lipinski definition) is 2. The maximum atomic E-state index is 12.3. The quantitative estimate of drug-likeness (QED) is 0.719. The zero-order valence-electron chi connectivity index (χ0n) is 14.4. The smallest absolute Gasteiger partial charge is 0.262 e. The van der Waals surface area contributed by atoms with E-state index in [4.69, 9.17) is 4.74 Å². The number of anilines is 2. The molecular formula is C17H17N5O3S. The summed E-state index contributed by atoms with van der Waals surface area (Å²) in [5, 5.41) is 10.1. The first-order valence-corrected chi connectivity index (χ1v) is 8.50. The number of aromatic nitrogens is 3. The van der Waals surface area contributed by atoms with Crippen molar-refractivity contribution >= 4 is 34.0 Å². The highest BCUT2D eigenvalue weighted by Gasteiger charge is 2.16. The molecule has 134 valence electrons. The van der Waals surface area contributed by atoms with E-state index in [9.17, 15) is 9.59 Å². The molecule has 0 unspecified atom stereocenters. The van der Waals surface area contributed by atoms with Crippen LogP contribution < -0.4 is 15.4 Å². The summed E-state index contributed by atoms with van der Waals surface area (Å²) in [6.07, 6.45) is 3.28. The lowest BCUT2D eigenvalue weighted by molar-refractivity contribution is 0.101. The van der Waals surface area contributed by atoms with Crippen molar-refractivity contribution in [1.29, 1.82) is 0 Å². The molecule has 0 aliphatic rings. The number of hydrogen-bond acceptors (Lipinski definition) is 6. The topological polar surface area (TPSA) is 98.1 Å². The molecule has 0 spiro atoms. The van der Waals surface area contributed by atoms with Gasteiger partial charge in [0.2, 0.25) is 5.88 Å². The van der Waals surface area contributed by atoms with E-state index in [2.05, 4.69) is 20.7 Å². The number of aryl methyl sites for hydroxylation is 2. The van der Waals surface area contributed by atoms with Crippen LogP contribution in [0.1, 0.15) is 25.6 Å². The average molecular weight is 371 g/mol. The highest BCUT2D eigenvalue weighted by molar-refractivity contribution is 7.15. The second-order valence-corrected chi connectivity index (χ2v) is 6.72. The third kappa shape index (κ3) is 3.89. The Bertz CT molecular complexity index is 946. The van der Waals surface area contributed by atoms with Gasteiger partial charge in [-0.2, -0.15) is 0 Å². The van der Waals surface area contributed by atoms with Gasteiger partial charge in [-0.1, -0.05) is 0 Å². The Morgan fingerprint density at radius 2 is 1.88 bits per heavy atom. The molecule has 0 bridgehead atoms. The van der Waals surface area contributed by atoms with Crippen LogP contribution in [0, 0.1) is 6.92 Å². The van der Waals surface area contributed by atoms with Gasteiger partial charge in [0.1, 0.15) is 5.56 Å². The molecule has 2 amide bonds. The fourth-order valence-electron chi connectivity index (χ4n) is 2.26. The number of carbonyl (C=O) groups is 2. The first kappa shape index (κ1) is 17.6. The van der Waals surface area contributed by atoms with E-state index in [-0.39, 0.29) is 17.7 Å². The van der Waals surface area contributed by atoms with E-state index in [1.165, 1.54) is 23.1 Å². The van der Waals surface area contributed by atoms with Gasteiger partial charge in [-0.25, -0.2) is 4.98 Å². The number of benzene rings is 1. The minimum Gasteiger partial charge on any atom is -0.479 e. The molecule has 2 N–H and O–H groups in total. The largest absolute Gasteiger partial charge is 0.479 e. The molecule has 0 saturated heterocycles. The third-order valence-corrected chi connectivity index (χ3v) is 4.31. The third-order valence-electron chi connectivity index (χ3n) is 3.48. The summed E-state index contributed by atoms with van der Waals surface area (Å²) in [5.74, 6) is -0.351. The summed E-state index contributed by atoms with van der Waals surface area (Å²) in [7, 11) is 3.16. The van der Waals surface area contributed by atoms with Gasteiger partial charge in [-0.15, -0.1) is 16.4 Å². The summed E-state index contributed by atoms with van der Waals surface area (Å²) in [6, 6.07) is 6.57. The fraction of sp³-hybridized carbons (Fsp3) is 0.176. The summed E-state index contributed by atoms with van der Waals surface area (Å²) < 4.78 is 6.58. The maximum Gasteiger partial charge on any atom is 0.262 e. The van der Waals surface area contributed by atoms with Crippen LogP contribution in [0.15, 0.2) is 36.7 Å². The van der Waals surface area contributed by atoms with Gasteiger partial charge >= 0.3 is 0 Å². The zero-order valence-corrected chi connectivity index (χ0v) is 15.3. The van der Waals surface area contributed by atoms with Crippen LogP contribution in [0.3, 0.4) is 0 Å². The van der Waals surface area contributed by atoms with Crippen LogP contribution >= 0.6 is 11.3 Å². The molecule has 0 atom stereocenters. The van der Waals surface area contributed by atoms with E-state index in [1.54, 1.807) is 43.7 Å². The number of nitrogens with one attached hydrogen (secondary N) is 2. The molecule has 3 aromatic rings. The van der Waals surface area contributed by atoms with E-state index < -0.39 is 0 Å². The molecule has 2 heterocycles. The molecule has 0 fully saturated rings. The van der Waals surface area contributed by atoms with Crippen LogP contribution in [-0.2, 0) is 7.05 Å². The molecule has 1 aromatic carbocycles. The SMILES string of the molecule is COc1nn(C)cc1C(=O)Nc1ccc(C(=O)Nc2ncc(C)s2)cc1. The molecule has 2 aromatic heterocycles. The Morgan fingerprint density at radius 1 is 1.15 bits per heavy atom. The predicted molar refractivity (Wildman–Crippen MR) is 99.0 cm³/mol. The van der Waals surface area contributed by atoms with Crippen LogP contribution in [0.5, 0.6) is 5.88 Å². The van der Waals surface area contributed by atoms with Crippen LogP contribution in [0.25, 0.3) is 0 Å². The molecule has 0 aliphatic heterocycles. The van der Waals surface area contributed by atoms with Crippen molar-refractivity contribution in [2.24, 2.45) is 7.05 Å². The van der Waals surface area contributed by atoms with Crippen molar-refractivity contribution < 1.29 is 14.3 Å². The molecule has 0 aliphatic carbocycles. The lowest BCUT2D eigenvalue weighted by Gasteiger charge is -2.06. The predicted octanol–water partition coefficient (Wildman–Crippen LogP) is 2.70. The Kier molecular flexibility index (Phi) is 4.99. The van der Waals surface area contributed by atoms with Crippen molar-refractivity contribution in [1.82, 2.24) is 14.8 Å². The fourth-order valence-corrected chi connectivity index (χ4v) is 2.92. The summed E-state index contributed by atoms with van der Waals surface area (Å²) in [5.41, 5.74) is 1.35. The average Bonchev–Trinajstić information content (AvgIpc) is 3.20. The summed E-state index contributed by atoms with van der Waals surface area (Å²) in [6.45, 7) is 1.92. The first-order valence-electron chi connectivity index (χ1n) is 7.69. The van der Waals surface area contributed by atoms with Crippen molar-refractivity contribution in [3.63, 3.8) is 0 Å². The lowest BCUT2D eigenvalue weighted by atomic mass is 10.2. The highest BCUT2D eigenvalue weighted by atomic mass is 32.1. The van der Waals surface area contributed by atoms with E-state index in [0.717, 1.165) is 4.88 Å². The van der Waals surface area contributed by atoms with Gasteiger partial charge in [0.05, 0.1) is 7.11 Å². The molecule has 3 rings (SSSR count). The monoisotopic (exact) mass is 371 g/mol. The lowest BCUT2D eigenvalue weighted by Crippen LogP contribution is -2.14. The number of thiazole rings is 1. The van der Waals surface area contributed by atoms with Gasteiger partial charge in [-0.3, -0.25) is 19.6 Å². The second-order valence-electron chi connectivity index (χ2n) is 5.49. The molecule has 8 nitrogen and oxygen atoms in total. The standard InChI is InChI=1S/C17H17N5O3S/c1-10-8-18-17(26-10)20-14(23)11-4-6-12(7-5-11)19-15(24)13-9-22(2)21-16(13)25-3/h4-9H,1-3H3,(H,19,24)(H,18,20,23). The summed E-state index contributed by atoms with van der Waals surface area (Å²) in [4.78, 5) is 29.7. The Morgan fingerprint density at radius 3 is 2.50 bits per heavy atom. The minimum atomic E-state index is -0.342. The van der Waals surface area contributed by atoms with Gasteiger partial charge in [-0.05, 0) is 31.2 Å². The molecule has 9 heteroatoms. The van der Waals surface area contributed by atoms with Crippen LogP contribution in [0.2, 0.25) is 0 Å². The van der Waals surface area contributed by atoms with E-state index >= 15 is 0 Å². The number of methoxy groups -OCH3 is 1. The van der Waals surface area contributed by atoms with Crippen molar-refractivity contribution in [2.45, 2.75) is 6.92 Å². The number of amides is 2. The Labute approximate surface area is 153 Å². The number of carbonyl (C=O) groups excluding carboxylic acids is 2. The molecular weight excluding hydrogens is 354 g/mol. The normalized spacial score (nSPS) is 10.4. The van der Waals surface area contributed by atoms with Crippen LogP contribution in [-0.4, -0.2) is 33.7 Å². The summed E-state index contributed by atoms with van der Waals surface area (Å²) >= 11 is 1.41. The van der Waals surface area contributed by atoms with Gasteiger partial charge in [0.25, 0.3) is 11.8 Å².